The van der Waals surface area contributed by atoms with Crippen LogP contribution in [0.2, 0.25) is 0 Å². The second-order valence-corrected chi connectivity index (χ2v) is 6.86. The van der Waals surface area contributed by atoms with Crippen LogP contribution in [0, 0.1) is 12.8 Å². The Morgan fingerprint density at radius 2 is 1.79 bits per heavy atom. The van der Waals surface area contributed by atoms with Gasteiger partial charge < -0.3 is 20.8 Å². The summed E-state index contributed by atoms with van der Waals surface area (Å²) in [5.74, 6) is -4.20. The number of alkyl halides is 1. The Hall–Kier alpha value is -2.97. The average Bonchev–Trinajstić information content (AvgIpc) is 2.60. The van der Waals surface area contributed by atoms with Gasteiger partial charge in [0.25, 0.3) is 0 Å². The SMILES string of the molecule is Cc1ccc(O)c(CC(=O)NC(C(=O)NC(CC(=O)O)C(=O)CF)C(C)C)c1. The lowest BCUT2D eigenvalue weighted by Crippen LogP contribution is -2.54. The number of hydrogen-bond donors (Lipinski definition) is 4. The molecule has 9 heteroatoms. The number of rotatable bonds is 10. The molecule has 8 nitrogen and oxygen atoms in total. The Labute approximate surface area is 162 Å². The molecule has 0 spiro atoms. The zero-order chi connectivity index (χ0) is 21.4. The van der Waals surface area contributed by atoms with Crippen molar-refractivity contribution in [1.82, 2.24) is 10.6 Å². The minimum atomic E-state index is -1.52. The number of carboxylic acid groups (broad SMARTS) is 1. The van der Waals surface area contributed by atoms with Crippen LogP contribution in [0.1, 0.15) is 31.4 Å². The number of phenolic OH excluding ortho intramolecular Hbond substituents is 1. The monoisotopic (exact) mass is 396 g/mol. The number of phenols is 1. The molecule has 0 fully saturated rings. The number of hydrogen-bond acceptors (Lipinski definition) is 5. The van der Waals surface area contributed by atoms with E-state index in [2.05, 4.69) is 10.6 Å². The number of nitrogens with one attached hydrogen (secondary N) is 2. The van der Waals surface area contributed by atoms with Crippen LogP contribution in [-0.2, 0) is 25.6 Å². The number of amides is 2. The molecule has 0 radical (unpaired) electrons. The lowest BCUT2D eigenvalue weighted by molar-refractivity contribution is -0.140. The van der Waals surface area contributed by atoms with E-state index in [0.717, 1.165) is 5.56 Å². The maximum Gasteiger partial charge on any atom is 0.305 e. The summed E-state index contributed by atoms with van der Waals surface area (Å²) in [4.78, 5) is 47.2. The number of aromatic hydroxyl groups is 1. The van der Waals surface area contributed by atoms with Crippen LogP contribution >= 0.6 is 0 Å². The van der Waals surface area contributed by atoms with Gasteiger partial charge in [-0.05, 0) is 18.9 Å². The fourth-order valence-electron chi connectivity index (χ4n) is 2.56. The van der Waals surface area contributed by atoms with E-state index in [-0.39, 0.29) is 18.1 Å². The average molecular weight is 396 g/mol. The summed E-state index contributed by atoms with van der Waals surface area (Å²) in [6.45, 7) is 3.69. The molecule has 0 bridgehead atoms. The summed E-state index contributed by atoms with van der Waals surface area (Å²) in [5, 5.41) is 23.4. The summed E-state index contributed by atoms with van der Waals surface area (Å²) >= 11 is 0. The van der Waals surface area contributed by atoms with E-state index in [9.17, 15) is 28.7 Å². The van der Waals surface area contributed by atoms with E-state index in [1.807, 2.05) is 0 Å². The molecule has 0 aliphatic heterocycles. The van der Waals surface area contributed by atoms with E-state index in [1.54, 1.807) is 32.9 Å². The van der Waals surface area contributed by atoms with Crippen molar-refractivity contribution in [2.45, 2.75) is 45.7 Å². The summed E-state index contributed by atoms with van der Waals surface area (Å²) in [6.07, 6.45) is -0.934. The maximum atomic E-state index is 12.6. The molecule has 0 aliphatic rings. The Morgan fingerprint density at radius 3 is 2.32 bits per heavy atom. The Kier molecular flexibility index (Phi) is 8.56. The zero-order valence-electron chi connectivity index (χ0n) is 16.0. The predicted octanol–water partition coefficient (Wildman–Crippen LogP) is 0.882. The van der Waals surface area contributed by atoms with Gasteiger partial charge in [0.15, 0.2) is 5.78 Å². The van der Waals surface area contributed by atoms with Crippen LogP contribution in [0.5, 0.6) is 5.75 Å². The van der Waals surface area contributed by atoms with Crippen molar-refractivity contribution in [3.05, 3.63) is 29.3 Å². The number of benzene rings is 1. The first-order valence-corrected chi connectivity index (χ1v) is 8.73. The second kappa shape index (κ2) is 10.4. The third kappa shape index (κ3) is 6.98. The van der Waals surface area contributed by atoms with E-state index in [1.165, 1.54) is 6.07 Å². The molecule has 154 valence electrons. The molecule has 2 atom stereocenters. The van der Waals surface area contributed by atoms with E-state index in [4.69, 9.17) is 5.11 Å². The number of carboxylic acids is 1. The van der Waals surface area contributed by atoms with Gasteiger partial charge in [-0.1, -0.05) is 31.5 Å². The Morgan fingerprint density at radius 1 is 1.14 bits per heavy atom. The number of carbonyl (C=O) groups excluding carboxylic acids is 3. The highest BCUT2D eigenvalue weighted by atomic mass is 19.1. The molecule has 2 amide bonds. The van der Waals surface area contributed by atoms with Crippen molar-refractivity contribution < 1.29 is 33.8 Å². The highest BCUT2D eigenvalue weighted by Crippen LogP contribution is 2.18. The molecule has 0 saturated heterocycles. The molecule has 0 aromatic heterocycles. The summed E-state index contributed by atoms with van der Waals surface area (Å²) in [7, 11) is 0. The van der Waals surface area contributed by atoms with Crippen LogP contribution in [0.3, 0.4) is 0 Å². The van der Waals surface area contributed by atoms with Crippen molar-refractivity contribution >= 4 is 23.6 Å². The van der Waals surface area contributed by atoms with Crippen LogP contribution in [-0.4, -0.2) is 52.5 Å². The van der Waals surface area contributed by atoms with Gasteiger partial charge >= 0.3 is 5.97 Å². The summed E-state index contributed by atoms with van der Waals surface area (Å²) in [5.41, 5.74) is 1.23. The first-order valence-electron chi connectivity index (χ1n) is 8.73. The first kappa shape index (κ1) is 23.1. The summed E-state index contributed by atoms with van der Waals surface area (Å²) < 4.78 is 12.6. The molecule has 4 N–H and O–H groups in total. The fourth-order valence-corrected chi connectivity index (χ4v) is 2.56. The van der Waals surface area contributed by atoms with E-state index in [0.29, 0.717) is 5.56 Å². The quantitative estimate of drug-likeness (QED) is 0.464. The van der Waals surface area contributed by atoms with Crippen molar-refractivity contribution in [2.24, 2.45) is 5.92 Å². The van der Waals surface area contributed by atoms with Gasteiger partial charge in [-0.15, -0.1) is 0 Å². The van der Waals surface area contributed by atoms with Crippen LogP contribution in [0.15, 0.2) is 18.2 Å². The highest BCUT2D eigenvalue weighted by molar-refractivity contribution is 5.95. The molecule has 0 aliphatic carbocycles. The second-order valence-electron chi connectivity index (χ2n) is 6.86. The molecule has 2 unspecified atom stereocenters. The molecule has 0 saturated carbocycles. The number of aliphatic carboxylic acids is 1. The largest absolute Gasteiger partial charge is 0.508 e. The van der Waals surface area contributed by atoms with Gasteiger partial charge in [0.1, 0.15) is 24.5 Å². The predicted molar refractivity (Wildman–Crippen MR) is 98.5 cm³/mol. The smallest absolute Gasteiger partial charge is 0.305 e. The number of Topliss-reactive ketones (excluding diaryl/α,β-unsaturated/α-hetero) is 1. The number of aryl methyl sites for hydroxylation is 1. The van der Waals surface area contributed by atoms with Gasteiger partial charge in [-0.2, -0.15) is 0 Å². The minimum absolute atomic E-state index is 0.0543. The molecular weight excluding hydrogens is 371 g/mol. The van der Waals surface area contributed by atoms with Gasteiger partial charge in [0, 0.05) is 5.56 Å². The van der Waals surface area contributed by atoms with E-state index < -0.39 is 48.7 Å². The lowest BCUT2D eigenvalue weighted by Gasteiger charge is -2.24. The number of ketones is 1. The van der Waals surface area contributed by atoms with E-state index >= 15 is 0 Å². The first-order chi connectivity index (χ1) is 13.0. The lowest BCUT2D eigenvalue weighted by atomic mass is 10.0. The van der Waals surface area contributed by atoms with Gasteiger partial charge in [-0.3, -0.25) is 19.2 Å². The number of carbonyl (C=O) groups is 4. The number of halogens is 1. The Balaban J connectivity index is 2.86. The zero-order valence-corrected chi connectivity index (χ0v) is 16.0. The van der Waals surface area contributed by atoms with Crippen molar-refractivity contribution in [3.8, 4) is 5.75 Å². The standard InChI is InChI=1S/C19H25FN2O6/c1-10(2)18(19(28)21-13(8-17(26)27)15(24)9-20)22-16(25)7-12-6-11(3)4-5-14(12)23/h4-6,10,13,18,23H,7-9H2,1-3H3,(H,21,28)(H,22,25)(H,26,27). The molecule has 1 aromatic rings. The van der Waals surface area contributed by atoms with Crippen molar-refractivity contribution in [3.63, 3.8) is 0 Å². The third-order valence-corrected chi connectivity index (χ3v) is 4.07. The fraction of sp³-hybridized carbons (Fsp3) is 0.474. The van der Waals surface area contributed by atoms with Crippen molar-refractivity contribution in [1.29, 1.82) is 0 Å². The molecule has 28 heavy (non-hydrogen) atoms. The highest BCUT2D eigenvalue weighted by Gasteiger charge is 2.30. The van der Waals surface area contributed by atoms with Crippen LogP contribution in [0.4, 0.5) is 4.39 Å². The van der Waals surface area contributed by atoms with Gasteiger partial charge in [0.2, 0.25) is 11.8 Å². The normalized spacial score (nSPS) is 12.9. The topological polar surface area (TPSA) is 133 Å². The maximum absolute atomic E-state index is 12.6. The van der Waals surface area contributed by atoms with Gasteiger partial charge in [0.05, 0.1) is 12.8 Å². The van der Waals surface area contributed by atoms with Gasteiger partial charge in [-0.25, -0.2) is 4.39 Å². The minimum Gasteiger partial charge on any atom is -0.508 e. The van der Waals surface area contributed by atoms with Crippen LogP contribution < -0.4 is 10.6 Å². The van der Waals surface area contributed by atoms with Crippen LogP contribution in [0.25, 0.3) is 0 Å². The molecular formula is C19H25FN2O6. The molecule has 0 heterocycles. The summed E-state index contributed by atoms with van der Waals surface area (Å²) in [6, 6.07) is 2.20. The van der Waals surface area contributed by atoms with Crippen molar-refractivity contribution in [2.75, 3.05) is 6.67 Å². The molecule has 1 aromatic carbocycles. The molecule has 1 rings (SSSR count). The Bertz CT molecular complexity index is 750. The third-order valence-electron chi connectivity index (χ3n) is 4.07.